The van der Waals surface area contributed by atoms with Gasteiger partial charge in [-0.25, -0.2) is 5.43 Å². The molecule has 1 amide bonds. The molecule has 0 spiro atoms. The zero-order valence-corrected chi connectivity index (χ0v) is 11.3. The third-order valence-corrected chi connectivity index (χ3v) is 2.66. The standard InChI is InChI=1S/C14H13ClN4O/c15-12-1-3-13(4-2-12)17-10-14(20)19-18-9-11-5-7-16-8-6-11/h1-9,17H,10H2,(H,19,20)/b18-9+. The van der Waals surface area contributed by atoms with Crippen LogP contribution in [0.4, 0.5) is 5.69 Å². The van der Waals surface area contributed by atoms with Crippen molar-refractivity contribution in [3.8, 4) is 0 Å². The Morgan fingerprint density at radius 1 is 1.20 bits per heavy atom. The molecule has 0 atom stereocenters. The van der Waals surface area contributed by atoms with Gasteiger partial charge in [-0.3, -0.25) is 9.78 Å². The van der Waals surface area contributed by atoms with Crippen molar-refractivity contribution in [1.82, 2.24) is 10.4 Å². The highest BCUT2D eigenvalue weighted by Crippen LogP contribution is 2.12. The van der Waals surface area contributed by atoms with Crippen LogP contribution in [0.1, 0.15) is 5.56 Å². The van der Waals surface area contributed by atoms with Crippen molar-refractivity contribution in [2.45, 2.75) is 0 Å². The number of hydrogen-bond acceptors (Lipinski definition) is 4. The van der Waals surface area contributed by atoms with Crippen molar-refractivity contribution < 1.29 is 4.79 Å². The van der Waals surface area contributed by atoms with E-state index in [1.807, 2.05) is 0 Å². The predicted octanol–water partition coefficient (Wildman–Crippen LogP) is 2.30. The van der Waals surface area contributed by atoms with Gasteiger partial charge in [0, 0.05) is 23.1 Å². The van der Waals surface area contributed by atoms with E-state index in [0.29, 0.717) is 5.02 Å². The SMILES string of the molecule is O=C(CNc1ccc(Cl)cc1)N/N=C/c1ccncc1. The van der Waals surface area contributed by atoms with E-state index in [1.165, 1.54) is 0 Å². The Bertz CT molecular complexity index is 584. The highest BCUT2D eigenvalue weighted by atomic mass is 35.5. The second kappa shape index (κ2) is 7.25. The molecule has 0 saturated carbocycles. The van der Waals surface area contributed by atoms with Crippen LogP contribution in [0.5, 0.6) is 0 Å². The predicted molar refractivity (Wildman–Crippen MR) is 79.9 cm³/mol. The number of hydrazone groups is 1. The third kappa shape index (κ3) is 4.70. The molecule has 20 heavy (non-hydrogen) atoms. The number of anilines is 1. The fraction of sp³-hybridized carbons (Fsp3) is 0.0714. The summed E-state index contributed by atoms with van der Waals surface area (Å²) in [6, 6.07) is 10.7. The minimum Gasteiger partial charge on any atom is -0.376 e. The highest BCUT2D eigenvalue weighted by molar-refractivity contribution is 6.30. The van der Waals surface area contributed by atoms with Crippen molar-refractivity contribution in [3.05, 3.63) is 59.4 Å². The molecular weight excluding hydrogens is 276 g/mol. The summed E-state index contributed by atoms with van der Waals surface area (Å²) in [6.07, 6.45) is 4.87. The van der Waals surface area contributed by atoms with E-state index in [-0.39, 0.29) is 12.5 Å². The molecule has 2 N–H and O–H groups in total. The highest BCUT2D eigenvalue weighted by Gasteiger charge is 1.99. The van der Waals surface area contributed by atoms with Crippen LogP contribution in [0.25, 0.3) is 0 Å². The second-order valence-corrected chi connectivity index (χ2v) is 4.37. The molecule has 5 nitrogen and oxygen atoms in total. The lowest BCUT2D eigenvalue weighted by atomic mass is 10.3. The van der Waals surface area contributed by atoms with Crippen LogP contribution in [0, 0.1) is 0 Å². The molecular formula is C14H13ClN4O. The van der Waals surface area contributed by atoms with Gasteiger partial charge in [0.25, 0.3) is 5.91 Å². The number of carbonyl (C=O) groups excluding carboxylic acids is 1. The summed E-state index contributed by atoms with van der Waals surface area (Å²) < 4.78 is 0. The van der Waals surface area contributed by atoms with E-state index in [4.69, 9.17) is 11.6 Å². The van der Waals surface area contributed by atoms with Crippen LogP contribution in [-0.2, 0) is 4.79 Å². The van der Waals surface area contributed by atoms with Gasteiger partial charge in [0.15, 0.2) is 0 Å². The maximum Gasteiger partial charge on any atom is 0.259 e. The van der Waals surface area contributed by atoms with Gasteiger partial charge in [0.2, 0.25) is 0 Å². The third-order valence-electron chi connectivity index (χ3n) is 2.41. The van der Waals surface area contributed by atoms with Crippen molar-refractivity contribution in [2.75, 3.05) is 11.9 Å². The van der Waals surface area contributed by atoms with Crippen LogP contribution in [0.15, 0.2) is 53.9 Å². The normalized spacial score (nSPS) is 10.4. The van der Waals surface area contributed by atoms with Crippen molar-refractivity contribution >= 4 is 29.4 Å². The first-order chi connectivity index (χ1) is 9.74. The van der Waals surface area contributed by atoms with Gasteiger partial charge in [-0.1, -0.05) is 11.6 Å². The summed E-state index contributed by atoms with van der Waals surface area (Å²) in [5, 5.41) is 7.47. The van der Waals surface area contributed by atoms with Gasteiger partial charge in [0.05, 0.1) is 12.8 Å². The van der Waals surface area contributed by atoms with E-state index in [1.54, 1.807) is 55.0 Å². The van der Waals surface area contributed by atoms with Gasteiger partial charge >= 0.3 is 0 Å². The Kier molecular flexibility index (Phi) is 5.08. The van der Waals surface area contributed by atoms with E-state index < -0.39 is 0 Å². The topological polar surface area (TPSA) is 66.4 Å². The van der Waals surface area contributed by atoms with Crippen LogP contribution < -0.4 is 10.7 Å². The molecule has 0 aliphatic carbocycles. The molecule has 0 aliphatic heterocycles. The Morgan fingerprint density at radius 2 is 1.90 bits per heavy atom. The van der Waals surface area contributed by atoms with E-state index >= 15 is 0 Å². The number of benzene rings is 1. The van der Waals surface area contributed by atoms with Crippen LogP contribution in [0.2, 0.25) is 5.02 Å². The Balaban J connectivity index is 1.76. The fourth-order valence-electron chi connectivity index (χ4n) is 1.42. The minimum absolute atomic E-state index is 0.134. The maximum absolute atomic E-state index is 11.5. The number of amides is 1. The number of nitrogens with zero attached hydrogens (tertiary/aromatic N) is 2. The number of nitrogens with one attached hydrogen (secondary N) is 2. The monoisotopic (exact) mass is 288 g/mol. The second-order valence-electron chi connectivity index (χ2n) is 3.93. The fourth-order valence-corrected chi connectivity index (χ4v) is 1.54. The molecule has 0 fully saturated rings. The average Bonchev–Trinajstić information content (AvgIpc) is 2.48. The van der Waals surface area contributed by atoms with Crippen LogP contribution in [0.3, 0.4) is 0 Å². The number of pyridine rings is 1. The van der Waals surface area contributed by atoms with Gasteiger partial charge < -0.3 is 5.32 Å². The first-order valence-electron chi connectivity index (χ1n) is 5.95. The van der Waals surface area contributed by atoms with Crippen LogP contribution in [-0.4, -0.2) is 23.7 Å². The Labute approximate surface area is 121 Å². The maximum atomic E-state index is 11.5. The molecule has 2 rings (SSSR count). The number of halogens is 1. The summed E-state index contributed by atoms with van der Waals surface area (Å²) in [4.78, 5) is 15.4. The summed E-state index contributed by atoms with van der Waals surface area (Å²) in [5.74, 6) is -0.231. The lowest BCUT2D eigenvalue weighted by Crippen LogP contribution is -2.25. The molecule has 0 aliphatic rings. The molecule has 6 heteroatoms. The number of hydrogen-bond donors (Lipinski definition) is 2. The summed E-state index contributed by atoms with van der Waals surface area (Å²) in [7, 11) is 0. The number of aromatic nitrogens is 1. The number of carbonyl (C=O) groups is 1. The lowest BCUT2D eigenvalue weighted by Gasteiger charge is -2.04. The van der Waals surface area contributed by atoms with E-state index in [2.05, 4.69) is 20.8 Å². The quantitative estimate of drug-likeness (QED) is 0.655. The largest absolute Gasteiger partial charge is 0.376 e. The molecule has 102 valence electrons. The average molecular weight is 289 g/mol. The smallest absolute Gasteiger partial charge is 0.259 e. The molecule has 2 aromatic rings. The first kappa shape index (κ1) is 14.0. The van der Waals surface area contributed by atoms with Crippen molar-refractivity contribution in [2.24, 2.45) is 5.10 Å². The zero-order chi connectivity index (χ0) is 14.2. The Hall–Kier alpha value is -2.40. The minimum atomic E-state index is -0.231. The zero-order valence-electron chi connectivity index (χ0n) is 10.6. The molecule has 0 bridgehead atoms. The summed E-state index contributed by atoms with van der Waals surface area (Å²) in [6.45, 7) is 0.134. The van der Waals surface area contributed by atoms with Crippen LogP contribution >= 0.6 is 11.6 Å². The van der Waals surface area contributed by atoms with Gasteiger partial charge in [-0.15, -0.1) is 0 Å². The lowest BCUT2D eigenvalue weighted by molar-refractivity contribution is -0.119. The Morgan fingerprint density at radius 3 is 2.60 bits per heavy atom. The summed E-state index contributed by atoms with van der Waals surface area (Å²) >= 11 is 5.77. The van der Waals surface area contributed by atoms with E-state index in [0.717, 1.165) is 11.3 Å². The first-order valence-corrected chi connectivity index (χ1v) is 6.33. The number of rotatable bonds is 5. The molecule has 0 radical (unpaired) electrons. The van der Waals surface area contributed by atoms with Crippen molar-refractivity contribution in [1.29, 1.82) is 0 Å². The molecule has 0 saturated heterocycles. The van der Waals surface area contributed by atoms with Gasteiger partial charge in [-0.05, 0) is 42.0 Å². The summed E-state index contributed by atoms with van der Waals surface area (Å²) in [5.41, 5.74) is 4.12. The molecule has 1 heterocycles. The molecule has 1 aromatic heterocycles. The van der Waals surface area contributed by atoms with E-state index in [9.17, 15) is 4.79 Å². The molecule has 0 unspecified atom stereocenters. The van der Waals surface area contributed by atoms with Gasteiger partial charge in [0.1, 0.15) is 0 Å². The van der Waals surface area contributed by atoms with Gasteiger partial charge in [-0.2, -0.15) is 5.10 Å². The van der Waals surface area contributed by atoms with Crippen molar-refractivity contribution in [3.63, 3.8) is 0 Å². The molecule has 1 aromatic carbocycles.